The molecule has 3 aromatic rings. The number of likely N-dealkylation sites (N-methyl/N-ethyl adjacent to an activating group) is 1. The number of benzene rings is 2. The number of nitrogens with zero attached hydrogens (tertiary/aromatic N) is 2. The zero-order valence-corrected chi connectivity index (χ0v) is 21.1. The number of methoxy groups -OCH3 is 1. The number of ether oxygens (including phenoxy) is 1. The average Bonchev–Trinajstić information content (AvgIpc) is 3.31. The zero-order chi connectivity index (χ0) is 24.9. The number of piperidine rings is 1. The van der Waals surface area contributed by atoms with Gasteiger partial charge in [0.2, 0.25) is 11.8 Å². The van der Waals surface area contributed by atoms with E-state index in [-0.39, 0.29) is 24.4 Å². The van der Waals surface area contributed by atoms with E-state index in [4.69, 9.17) is 4.74 Å². The first-order chi connectivity index (χ1) is 16.9. The molecule has 1 aliphatic rings. The fraction of sp³-hybridized carbons (Fsp3) is 0.429. The van der Waals surface area contributed by atoms with Crippen molar-refractivity contribution in [2.75, 3.05) is 39.1 Å². The van der Waals surface area contributed by atoms with Crippen molar-refractivity contribution in [3.05, 3.63) is 59.8 Å². The third-order valence-electron chi connectivity index (χ3n) is 7.22. The van der Waals surface area contributed by atoms with Crippen molar-refractivity contribution in [2.24, 2.45) is 0 Å². The van der Waals surface area contributed by atoms with Gasteiger partial charge in [0.25, 0.3) is 0 Å². The molecule has 2 aromatic carbocycles. The topological polar surface area (TPSA) is 77.7 Å². The van der Waals surface area contributed by atoms with Crippen LogP contribution in [0.2, 0.25) is 0 Å². The van der Waals surface area contributed by atoms with Gasteiger partial charge in [0.1, 0.15) is 5.75 Å². The predicted molar refractivity (Wildman–Crippen MR) is 140 cm³/mol. The summed E-state index contributed by atoms with van der Waals surface area (Å²) in [6.07, 6.45) is 4.92. The lowest BCUT2D eigenvalue weighted by Gasteiger charge is -2.36. The second-order valence-electron chi connectivity index (χ2n) is 9.39. The molecule has 7 nitrogen and oxygen atoms in total. The Hall–Kier alpha value is -3.32. The van der Waals surface area contributed by atoms with Crippen LogP contribution in [-0.4, -0.2) is 66.4 Å². The molecule has 2 heterocycles. The Morgan fingerprint density at radius 2 is 1.94 bits per heavy atom. The van der Waals surface area contributed by atoms with Crippen molar-refractivity contribution in [1.29, 1.82) is 0 Å². The first-order valence-corrected chi connectivity index (χ1v) is 12.4. The highest BCUT2D eigenvalue weighted by molar-refractivity contribution is 5.95. The second-order valence-corrected chi connectivity index (χ2v) is 9.39. The Morgan fingerprint density at radius 3 is 2.66 bits per heavy atom. The minimum absolute atomic E-state index is 0.0285. The van der Waals surface area contributed by atoms with Crippen LogP contribution in [0, 0.1) is 0 Å². The van der Waals surface area contributed by atoms with Gasteiger partial charge >= 0.3 is 0 Å². The van der Waals surface area contributed by atoms with Gasteiger partial charge in [-0.05, 0) is 80.6 Å². The molecule has 186 valence electrons. The van der Waals surface area contributed by atoms with E-state index in [0.29, 0.717) is 5.92 Å². The van der Waals surface area contributed by atoms with Gasteiger partial charge in [-0.15, -0.1) is 0 Å². The van der Waals surface area contributed by atoms with Gasteiger partial charge in [-0.1, -0.05) is 25.1 Å². The van der Waals surface area contributed by atoms with Crippen LogP contribution in [0.25, 0.3) is 10.9 Å². The third kappa shape index (κ3) is 5.51. The largest absolute Gasteiger partial charge is 0.497 e. The molecular weight excluding hydrogens is 440 g/mol. The van der Waals surface area contributed by atoms with Crippen molar-refractivity contribution in [1.82, 2.24) is 14.8 Å². The molecule has 0 saturated carbocycles. The highest BCUT2D eigenvalue weighted by Crippen LogP contribution is 2.35. The molecule has 2 N–H and O–H groups in total. The Morgan fingerprint density at radius 1 is 1.20 bits per heavy atom. The Balaban J connectivity index is 1.32. The molecule has 2 amide bonds. The van der Waals surface area contributed by atoms with E-state index in [2.05, 4.69) is 40.5 Å². The van der Waals surface area contributed by atoms with Gasteiger partial charge in [0.15, 0.2) is 0 Å². The van der Waals surface area contributed by atoms with E-state index in [1.54, 1.807) is 14.2 Å². The summed E-state index contributed by atoms with van der Waals surface area (Å²) < 4.78 is 5.41. The first-order valence-electron chi connectivity index (χ1n) is 12.4. The Kier molecular flexibility index (Phi) is 7.76. The number of nitrogens with one attached hydrogen (secondary N) is 2. The van der Waals surface area contributed by atoms with Gasteiger partial charge in [0.05, 0.1) is 19.7 Å². The molecule has 1 fully saturated rings. The molecule has 0 spiro atoms. The number of hydrogen-bond donors (Lipinski definition) is 2. The third-order valence-corrected chi connectivity index (χ3v) is 7.22. The molecule has 1 aromatic heterocycles. The zero-order valence-electron chi connectivity index (χ0n) is 21.1. The number of aromatic amines is 1. The molecule has 7 heteroatoms. The van der Waals surface area contributed by atoms with Crippen LogP contribution in [0.1, 0.15) is 43.7 Å². The standard InChI is InChI=1S/C28H36N4O3/c1-5-20-8-6-7-9-25(20)30-27(33)18-31(3)28(34)19(2)32-14-12-21(13-15-32)24-17-29-26-11-10-22(35-4)16-23(24)26/h6-11,16-17,19,21,29H,5,12-15,18H2,1-4H3,(H,30,33). The van der Waals surface area contributed by atoms with Crippen LogP contribution in [-0.2, 0) is 16.0 Å². The monoisotopic (exact) mass is 476 g/mol. The minimum atomic E-state index is -0.264. The summed E-state index contributed by atoms with van der Waals surface area (Å²) in [7, 11) is 3.39. The molecule has 35 heavy (non-hydrogen) atoms. The van der Waals surface area contributed by atoms with E-state index < -0.39 is 0 Å². The van der Waals surface area contributed by atoms with E-state index >= 15 is 0 Å². The maximum absolute atomic E-state index is 13.1. The molecule has 1 atom stereocenters. The number of likely N-dealkylation sites (tertiary alicyclic amines) is 1. The van der Waals surface area contributed by atoms with Crippen LogP contribution in [0.4, 0.5) is 5.69 Å². The quantitative estimate of drug-likeness (QED) is 0.505. The highest BCUT2D eigenvalue weighted by Gasteiger charge is 2.30. The van der Waals surface area contributed by atoms with Gasteiger partial charge in [-0.25, -0.2) is 0 Å². The van der Waals surface area contributed by atoms with Crippen LogP contribution in [0.15, 0.2) is 48.7 Å². The number of para-hydroxylation sites is 1. The van der Waals surface area contributed by atoms with Crippen molar-refractivity contribution in [3.8, 4) is 5.75 Å². The maximum atomic E-state index is 13.1. The van der Waals surface area contributed by atoms with Gasteiger partial charge in [-0.2, -0.15) is 0 Å². The van der Waals surface area contributed by atoms with E-state index in [0.717, 1.165) is 54.9 Å². The average molecular weight is 477 g/mol. The van der Waals surface area contributed by atoms with Crippen LogP contribution < -0.4 is 10.1 Å². The summed E-state index contributed by atoms with van der Waals surface area (Å²) in [6, 6.07) is 13.6. The summed E-state index contributed by atoms with van der Waals surface area (Å²) >= 11 is 0. The molecular formula is C28H36N4O3. The summed E-state index contributed by atoms with van der Waals surface area (Å²) in [5.41, 5.74) is 4.33. The van der Waals surface area contributed by atoms with Crippen molar-refractivity contribution in [3.63, 3.8) is 0 Å². The predicted octanol–water partition coefficient (Wildman–Crippen LogP) is 4.40. The summed E-state index contributed by atoms with van der Waals surface area (Å²) in [5, 5.41) is 4.16. The number of anilines is 1. The fourth-order valence-electron chi connectivity index (χ4n) is 5.09. The molecule has 0 radical (unpaired) electrons. The number of hydrogen-bond acceptors (Lipinski definition) is 4. The molecule has 4 rings (SSSR count). The Bertz CT molecular complexity index is 1180. The number of aryl methyl sites for hydroxylation is 1. The number of amides is 2. The summed E-state index contributed by atoms with van der Waals surface area (Å²) in [4.78, 5) is 32.8. The molecule has 0 aliphatic carbocycles. The smallest absolute Gasteiger partial charge is 0.243 e. The van der Waals surface area contributed by atoms with Crippen molar-refractivity contribution < 1.29 is 14.3 Å². The lowest BCUT2D eigenvalue weighted by Crippen LogP contribution is -2.49. The van der Waals surface area contributed by atoms with E-state index in [1.807, 2.05) is 37.3 Å². The first kappa shape index (κ1) is 24.8. The molecule has 1 unspecified atom stereocenters. The van der Waals surface area contributed by atoms with Crippen LogP contribution in [0.5, 0.6) is 5.75 Å². The molecule has 0 bridgehead atoms. The normalized spacial score (nSPS) is 15.7. The number of H-pyrrole nitrogens is 1. The van der Waals surface area contributed by atoms with E-state index in [1.165, 1.54) is 15.8 Å². The lowest BCUT2D eigenvalue weighted by molar-refractivity contribution is -0.138. The van der Waals surface area contributed by atoms with Gasteiger partial charge < -0.3 is 19.9 Å². The SMILES string of the molecule is CCc1ccccc1NC(=O)CN(C)C(=O)C(C)N1CCC(c2c[nH]c3ccc(OC)cc23)CC1. The summed E-state index contributed by atoms with van der Waals surface area (Å²) in [5.74, 6) is 1.10. The molecule has 1 aliphatic heterocycles. The Labute approximate surface area is 207 Å². The van der Waals surface area contributed by atoms with Crippen molar-refractivity contribution in [2.45, 2.75) is 45.1 Å². The second kappa shape index (κ2) is 11.0. The lowest BCUT2D eigenvalue weighted by atomic mass is 9.88. The van der Waals surface area contributed by atoms with Crippen LogP contribution in [0.3, 0.4) is 0 Å². The number of rotatable bonds is 8. The number of carbonyl (C=O) groups is 2. The maximum Gasteiger partial charge on any atom is 0.243 e. The van der Waals surface area contributed by atoms with Gasteiger partial charge in [-0.3, -0.25) is 14.5 Å². The minimum Gasteiger partial charge on any atom is -0.497 e. The highest BCUT2D eigenvalue weighted by atomic mass is 16.5. The number of fused-ring (bicyclic) bond motifs is 1. The summed E-state index contributed by atoms with van der Waals surface area (Å²) in [6.45, 7) is 5.73. The van der Waals surface area contributed by atoms with Crippen LogP contribution >= 0.6 is 0 Å². The number of carbonyl (C=O) groups excluding carboxylic acids is 2. The van der Waals surface area contributed by atoms with Gasteiger partial charge in [0, 0.05) is 29.8 Å². The van der Waals surface area contributed by atoms with E-state index in [9.17, 15) is 9.59 Å². The fourth-order valence-corrected chi connectivity index (χ4v) is 5.09. The number of aromatic nitrogens is 1. The molecule has 1 saturated heterocycles. The van der Waals surface area contributed by atoms with Crippen molar-refractivity contribution >= 4 is 28.4 Å².